The molecule has 0 aromatic carbocycles. The van der Waals surface area contributed by atoms with Crippen molar-refractivity contribution in [2.24, 2.45) is 0 Å². The lowest BCUT2D eigenvalue weighted by atomic mass is 10.3. The minimum absolute atomic E-state index is 0.692. The third-order valence-corrected chi connectivity index (χ3v) is 3.96. The second kappa shape index (κ2) is 5.55. The molecule has 0 saturated heterocycles. The molecule has 0 saturated carbocycles. The summed E-state index contributed by atoms with van der Waals surface area (Å²) in [6.07, 6.45) is 5.54. The lowest BCUT2D eigenvalue weighted by molar-refractivity contribution is 0.916. The van der Waals surface area contributed by atoms with Crippen LogP contribution in [-0.4, -0.2) is 26.2 Å². The monoisotopic (exact) mass is 285 g/mol. The second-order valence-electron chi connectivity index (χ2n) is 4.54. The molecule has 0 aliphatic heterocycles. The molecular weight excluding hydrogens is 269 g/mol. The molecule has 0 radical (unpaired) electrons. The van der Waals surface area contributed by atoms with Gasteiger partial charge in [-0.2, -0.15) is 9.61 Å². The summed E-state index contributed by atoms with van der Waals surface area (Å²) in [6.45, 7) is 4.87. The van der Waals surface area contributed by atoms with Gasteiger partial charge in [0.2, 0.25) is 0 Å². The van der Waals surface area contributed by atoms with Gasteiger partial charge in [0.1, 0.15) is 5.82 Å². The predicted molar refractivity (Wildman–Crippen MR) is 83.2 cm³/mol. The maximum absolute atomic E-state index is 4.58. The van der Waals surface area contributed by atoms with E-state index in [1.807, 2.05) is 42.0 Å². The normalized spacial score (nSPS) is 11.5. The van der Waals surface area contributed by atoms with E-state index in [1.54, 1.807) is 6.20 Å². The summed E-state index contributed by atoms with van der Waals surface area (Å²) in [7, 11) is 0.692. The molecule has 102 valence electrons. The third kappa shape index (κ3) is 2.49. The summed E-state index contributed by atoms with van der Waals surface area (Å²) >= 11 is 0. The molecule has 3 rings (SSSR count). The Balaban J connectivity index is 1.93. The van der Waals surface area contributed by atoms with Crippen molar-refractivity contribution >= 4 is 25.4 Å². The molecule has 0 amide bonds. The Morgan fingerprint density at radius 1 is 1.35 bits per heavy atom. The van der Waals surface area contributed by atoms with Crippen LogP contribution >= 0.6 is 8.58 Å². The second-order valence-corrected chi connectivity index (χ2v) is 5.58. The van der Waals surface area contributed by atoms with Gasteiger partial charge in [-0.1, -0.05) is 14.6 Å². The van der Waals surface area contributed by atoms with E-state index in [0.717, 1.165) is 29.3 Å². The number of aryl methyl sites for hydroxylation is 1. The molecular formula is C14H16N5P. The van der Waals surface area contributed by atoms with E-state index in [1.165, 1.54) is 5.30 Å². The van der Waals surface area contributed by atoms with Gasteiger partial charge in [0.25, 0.3) is 0 Å². The van der Waals surface area contributed by atoms with Crippen molar-refractivity contribution in [2.75, 3.05) is 12.0 Å². The first-order valence-corrected chi connectivity index (χ1v) is 7.94. The van der Waals surface area contributed by atoms with E-state index in [4.69, 9.17) is 0 Å². The quantitative estimate of drug-likeness (QED) is 0.745. The van der Waals surface area contributed by atoms with Crippen molar-refractivity contribution in [3.8, 4) is 0 Å². The van der Waals surface area contributed by atoms with Crippen molar-refractivity contribution < 1.29 is 0 Å². The number of hydrogen-bond donors (Lipinski definition) is 1. The molecule has 3 aromatic rings. The van der Waals surface area contributed by atoms with Crippen LogP contribution in [0, 0.1) is 6.92 Å². The van der Waals surface area contributed by atoms with E-state index < -0.39 is 0 Å². The number of rotatable bonds is 4. The molecule has 1 unspecified atom stereocenters. The molecule has 0 spiro atoms. The topological polar surface area (TPSA) is 55.1 Å². The van der Waals surface area contributed by atoms with Crippen LogP contribution in [0.2, 0.25) is 0 Å². The zero-order chi connectivity index (χ0) is 13.9. The lowest BCUT2D eigenvalue weighted by Crippen LogP contribution is -2.08. The molecule has 1 atom stereocenters. The van der Waals surface area contributed by atoms with Crippen molar-refractivity contribution in [1.29, 1.82) is 0 Å². The molecule has 0 fully saturated rings. The maximum Gasteiger partial charge on any atom is 0.164 e. The Labute approximate surface area is 119 Å². The van der Waals surface area contributed by atoms with Gasteiger partial charge in [-0.15, -0.1) is 0 Å². The van der Waals surface area contributed by atoms with Crippen molar-refractivity contribution in [2.45, 2.75) is 13.5 Å². The fourth-order valence-corrected chi connectivity index (χ4v) is 2.65. The smallest absolute Gasteiger partial charge is 0.164 e. The highest BCUT2D eigenvalue weighted by Crippen LogP contribution is 2.15. The van der Waals surface area contributed by atoms with Crippen LogP contribution in [0.5, 0.6) is 0 Å². The predicted octanol–water partition coefficient (Wildman–Crippen LogP) is 1.98. The van der Waals surface area contributed by atoms with Crippen molar-refractivity contribution in [3.63, 3.8) is 0 Å². The Bertz CT molecular complexity index is 723. The average molecular weight is 285 g/mol. The number of anilines is 1. The largest absolute Gasteiger partial charge is 0.366 e. The fourth-order valence-electron chi connectivity index (χ4n) is 2.08. The van der Waals surface area contributed by atoms with Gasteiger partial charge in [-0.3, -0.25) is 4.98 Å². The van der Waals surface area contributed by atoms with Crippen molar-refractivity contribution in [1.82, 2.24) is 19.6 Å². The van der Waals surface area contributed by atoms with E-state index in [9.17, 15) is 0 Å². The standard InChI is InChI=1S/C14H16N5P/c1-10-6-13(16-8-11-4-3-5-15-7-11)19-14(18-10)12(20-2)9-17-19/h3-7,9,16,20H,8H2,1-2H3. The highest BCUT2D eigenvalue weighted by molar-refractivity contribution is 7.46. The van der Waals surface area contributed by atoms with Crippen LogP contribution in [0.3, 0.4) is 0 Å². The molecule has 0 aliphatic carbocycles. The van der Waals surface area contributed by atoms with E-state index >= 15 is 0 Å². The Morgan fingerprint density at radius 3 is 3.00 bits per heavy atom. The van der Waals surface area contributed by atoms with Crippen LogP contribution in [0.1, 0.15) is 11.3 Å². The number of pyridine rings is 1. The SMILES string of the molecule is CPc1cnn2c(NCc3cccnc3)cc(C)nc12. The van der Waals surface area contributed by atoms with Crippen LogP contribution in [-0.2, 0) is 6.54 Å². The van der Waals surface area contributed by atoms with Crippen LogP contribution < -0.4 is 10.6 Å². The van der Waals surface area contributed by atoms with Gasteiger partial charge in [-0.25, -0.2) is 4.98 Å². The molecule has 5 nitrogen and oxygen atoms in total. The number of nitrogens with one attached hydrogen (secondary N) is 1. The first kappa shape index (κ1) is 13.0. The number of nitrogens with zero attached hydrogens (tertiary/aromatic N) is 4. The molecule has 20 heavy (non-hydrogen) atoms. The fraction of sp³-hybridized carbons (Fsp3) is 0.214. The number of aromatic nitrogens is 4. The summed E-state index contributed by atoms with van der Waals surface area (Å²) in [5.74, 6) is 0.959. The first-order chi connectivity index (χ1) is 9.78. The van der Waals surface area contributed by atoms with E-state index in [2.05, 4.69) is 27.0 Å². The van der Waals surface area contributed by atoms with Gasteiger partial charge in [0.15, 0.2) is 5.65 Å². The minimum atomic E-state index is 0.692. The molecule has 3 heterocycles. The summed E-state index contributed by atoms with van der Waals surface area (Å²) in [6, 6.07) is 6.00. The average Bonchev–Trinajstić information content (AvgIpc) is 2.88. The van der Waals surface area contributed by atoms with Gasteiger partial charge in [0.05, 0.1) is 6.20 Å². The molecule has 1 N–H and O–H groups in total. The Kier molecular flexibility index (Phi) is 3.61. The zero-order valence-electron chi connectivity index (χ0n) is 11.5. The van der Waals surface area contributed by atoms with E-state index in [0.29, 0.717) is 8.58 Å². The molecule has 6 heteroatoms. The molecule has 0 aliphatic rings. The van der Waals surface area contributed by atoms with Crippen LogP contribution in [0.15, 0.2) is 36.8 Å². The van der Waals surface area contributed by atoms with Crippen molar-refractivity contribution in [3.05, 3.63) is 48.0 Å². The first-order valence-electron chi connectivity index (χ1n) is 6.44. The van der Waals surface area contributed by atoms with Gasteiger partial charge >= 0.3 is 0 Å². The van der Waals surface area contributed by atoms with Gasteiger partial charge < -0.3 is 5.32 Å². The minimum Gasteiger partial charge on any atom is -0.366 e. The molecule has 0 bridgehead atoms. The summed E-state index contributed by atoms with van der Waals surface area (Å²) in [5.41, 5.74) is 3.07. The number of hydrogen-bond acceptors (Lipinski definition) is 4. The maximum atomic E-state index is 4.58. The summed E-state index contributed by atoms with van der Waals surface area (Å²) in [5, 5.41) is 9.02. The third-order valence-electron chi connectivity index (χ3n) is 3.07. The van der Waals surface area contributed by atoms with E-state index in [-0.39, 0.29) is 0 Å². The molecule has 3 aromatic heterocycles. The van der Waals surface area contributed by atoms with Crippen LogP contribution in [0.4, 0.5) is 5.82 Å². The van der Waals surface area contributed by atoms with Gasteiger partial charge in [0, 0.05) is 36.0 Å². The van der Waals surface area contributed by atoms with Crippen LogP contribution in [0.25, 0.3) is 5.65 Å². The highest BCUT2D eigenvalue weighted by atomic mass is 31.1. The number of fused-ring (bicyclic) bond motifs is 1. The Morgan fingerprint density at radius 2 is 2.25 bits per heavy atom. The summed E-state index contributed by atoms with van der Waals surface area (Å²) in [4.78, 5) is 8.70. The Hall–Kier alpha value is -2.00. The highest BCUT2D eigenvalue weighted by Gasteiger charge is 2.08. The lowest BCUT2D eigenvalue weighted by Gasteiger charge is -2.09. The summed E-state index contributed by atoms with van der Waals surface area (Å²) < 4.78 is 1.87. The van der Waals surface area contributed by atoms with Gasteiger partial charge in [-0.05, 0) is 25.2 Å². The zero-order valence-corrected chi connectivity index (χ0v) is 12.5.